The van der Waals surface area contributed by atoms with E-state index < -0.39 is 0 Å². The van der Waals surface area contributed by atoms with Crippen LogP contribution in [0.1, 0.15) is 12.5 Å². The number of carbonyl (C=O) groups is 3. The molecular formula is C16H16N2O3. The number of benzene rings is 1. The number of hydrogen-bond acceptors (Lipinski definition) is 4. The maximum Gasteiger partial charge on any atom is 0.224 e. The van der Waals surface area contributed by atoms with Gasteiger partial charge in [0.1, 0.15) is 0 Å². The fourth-order valence-corrected chi connectivity index (χ4v) is 2.05. The van der Waals surface area contributed by atoms with Gasteiger partial charge >= 0.3 is 0 Å². The van der Waals surface area contributed by atoms with Gasteiger partial charge in [0, 0.05) is 24.7 Å². The molecule has 5 heteroatoms. The second-order valence-corrected chi connectivity index (χ2v) is 4.75. The topological polar surface area (TPSA) is 80.5 Å². The van der Waals surface area contributed by atoms with Gasteiger partial charge in [0.05, 0.1) is 6.54 Å². The number of rotatable bonds is 4. The number of amides is 1. The van der Waals surface area contributed by atoms with Crippen LogP contribution >= 0.6 is 0 Å². The lowest BCUT2D eigenvalue weighted by Crippen LogP contribution is -2.32. The number of allylic oxidation sites excluding steroid dienone is 3. The van der Waals surface area contributed by atoms with Crippen molar-refractivity contribution in [3.8, 4) is 0 Å². The van der Waals surface area contributed by atoms with Crippen molar-refractivity contribution in [2.75, 3.05) is 11.4 Å². The first-order valence-corrected chi connectivity index (χ1v) is 6.55. The second kappa shape index (κ2) is 6.28. The molecule has 0 unspecified atom stereocenters. The highest BCUT2D eigenvalue weighted by molar-refractivity contribution is 6.18. The lowest BCUT2D eigenvalue weighted by Gasteiger charge is -2.22. The van der Waals surface area contributed by atoms with Crippen molar-refractivity contribution in [2.24, 2.45) is 5.73 Å². The third-order valence-corrected chi connectivity index (χ3v) is 3.22. The Morgan fingerprint density at radius 1 is 1.14 bits per heavy atom. The Kier molecular flexibility index (Phi) is 4.45. The predicted molar refractivity (Wildman–Crippen MR) is 79.6 cm³/mol. The average Bonchev–Trinajstić information content (AvgIpc) is 2.48. The summed E-state index contributed by atoms with van der Waals surface area (Å²) in [6.07, 6.45) is 3.72. The van der Waals surface area contributed by atoms with E-state index in [0.29, 0.717) is 17.8 Å². The number of anilines is 1. The van der Waals surface area contributed by atoms with Gasteiger partial charge in [0.15, 0.2) is 11.6 Å². The fourth-order valence-electron chi connectivity index (χ4n) is 2.05. The predicted octanol–water partition coefficient (Wildman–Crippen LogP) is 1.13. The molecule has 2 rings (SSSR count). The maximum absolute atomic E-state index is 11.8. The molecule has 0 bridgehead atoms. The highest BCUT2D eigenvalue weighted by atomic mass is 16.2. The van der Waals surface area contributed by atoms with Gasteiger partial charge in [-0.2, -0.15) is 0 Å². The first-order valence-electron chi connectivity index (χ1n) is 6.55. The molecular weight excluding hydrogens is 268 g/mol. The number of carbonyl (C=O) groups excluding carboxylic acids is 3. The summed E-state index contributed by atoms with van der Waals surface area (Å²) in [6.45, 7) is 1.91. The van der Waals surface area contributed by atoms with Gasteiger partial charge < -0.3 is 10.6 Å². The SMILES string of the molecule is CC(=O)N(CC1=CC(=O)C=CC1=O)c1ccc(CN)cc1. The Bertz CT molecular complexity index is 642. The first kappa shape index (κ1) is 14.9. The molecule has 0 saturated carbocycles. The van der Waals surface area contributed by atoms with Crippen molar-refractivity contribution >= 4 is 23.2 Å². The number of ketones is 2. The van der Waals surface area contributed by atoms with Gasteiger partial charge in [-0.1, -0.05) is 12.1 Å². The lowest BCUT2D eigenvalue weighted by atomic mass is 10.0. The van der Waals surface area contributed by atoms with Crippen LogP contribution in [0.3, 0.4) is 0 Å². The molecule has 2 N–H and O–H groups in total. The number of nitrogens with two attached hydrogens (primary N) is 1. The highest BCUT2D eigenvalue weighted by Gasteiger charge is 2.19. The zero-order chi connectivity index (χ0) is 15.4. The molecule has 0 fully saturated rings. The van der Waals surface area contributed by atoms with Crippen molar-refractivity contribution in [2.45, 2.75) is 13.5 Å². The summed E-state index contributed by atoms with van der Waals surface area (Å²) in [6, 6.07) is 7.20. The van der Waals surface area contributed by atoms with Crippen molar-refractivity contribution in [3.05, 3.63) is 53.6 Å². The Hall–Kier alpha value is -2.53. The summed E-state index contributed by atoms with van der Waals surface area (Å²) in [5.74, 6) is -0.697. The minimum absolute atomic E-state index is 0.0756. The minimum Gasteiger partial charge on any atom is -0.326 e. The van der Waals surface area contributed by atoms with Gasteiger partial charge in [-0.25, -0.2) is 0 Å². The normalized spacial score (nSPS) is 14.1. The molecule has 0 aliphatic heterocycles. The quantitative estimate of drug-likeness (QED) is 0.840. The summed E-state index contributed by atoms with van der Waals surface area (Å²) in [5.41, 5.74) is 7.46. The molecule has 108 valence electrons. The van der Waals surface area contributed by atoms with Crippen LogP contribution in [0.15, 0.2) is 48.1 Å². The fraction of sp³-hybridized carbons (Fsp3) is 0.188. The molecule has 0 spiro atoms. The third kappa shape index (κ3) is 3.52. The highest BCUT2D eigenvalue weighted by Crippen LogP contribution is 2.18. The largest absolute Gasteiger partial charge is 0.326 e. The zero-order valence-corrected chi connectivity index (χ0v) is 11.7. The monoisotopic (exact) mass is 284 g/mol. The first-order chi connectivity index (χ1) is 10.0. The Morgan fingerprint density at radius 3 is 2.38 bits per heavy atom. The van der Waals surface area contributed by atoms with Gasteiger partial charge in [-0.3, -0.25) is 14.4 Å². The molecule has 1 aliphatic rings. The molecule has 0 aromatic heterocycles. The van der Waals surface area contributed by atoms with Crippen LogP contribution < -0.4 is 10.6 Å². The summed E-state index contributed by atoms with van der Waals surface area (Å²) in [7, 11) is 0. The van der Waals surface area contributed by atoms with Crippen molar-refractivity contribution in [1.29, 1.82) is 0 Å². The van der Waals surface area contributed by atoms with Crippen molar-refractivity contribution in [3.63, 3.8) is 0 Å². The molecule has 0 heterocycles. The van der Waals surface area contributed by atoms with Gasteiger partial charge in [-0.15, -0.1) is 0 Å². The van der Waals surface area contributed by atoms with Crippen LogP contribution in [-0.2, 0) is 20.9 Å². The van der Waals surface area contributed by atoms with E-state index in [4.69, 9.17) is 5.73 Å². The van der Waals surface area contributed by atoms with E-state index in [-0.39, 0.29) is 24.0 Å². The number of hydrogen-bond donors (Lipinski definition) is 1. The lowest BCUT2D eigenvalue weighted by molar-refractivity contribution is -0.116. The van der Waals surface area contributed by atoms with Crippen LogP contribution in [0.5, 0.6) is 0 Å². The minimum atomic E-state index is -0.251. The molecule has 1 aromatic rings. The number of nitrogens with zero attached hydrogens (tertiary/aromatic N) is 1. The van der Waals surface area contributed by atoms with E-state index in [9.17, 15) is 14.4 Å². The molecule has 1 amide bonds. The molecule has 1 aromatic carbocycles. The summed E-state index contributed by atoms with van der Waals surface area (Å²) in [4.78, 5) is 36.4. The van der Waals surface area contributed by atoms with Gasteiger partial charge in [0.25, 0.3) is 0 Å². The Labute approximate surface area is 122 Å². The van der Waals surface area contributed by atoms with Gasteiger partial charge in [0.2, 0.25) is 5.91 Å². The summed E-state index contributed by atoms with van der Waals surface area (Å²) >= 11 is 0. The summed E-state index contributed by atoms with van der Waals surface area (Å²) < 4.78 is 0. The average molecular weight is 284 g/mol. The van der Waals surface area contributed by atoms with Crippen LogP contribution in [0.4, 0.5) is 5.69 Å². The standard InChI is InChI=1S/C16H16N2O3/c1-11(19)18(14-4-2-12(9-17)3-5-14)10-13-8-15(20)6-7-16(13)21/h2-8H,9-10,17H2,1H3. The van der Waals surface area contributed by atoms with E-state index in [2.05, 4.69) is 0 Å². The molecule has 21 heavy (non-hydrogen) atoms. The molecule has 1 aliphatic carbocycles. The Morgan fingerprint density at radius 2 is 1.81 bits per heavy atom. The molecule has 0 atom stereocenters. The van der Waals surface area contributed by atoms with Crippen molar-refractivity contribution < 1.29 is 14.4 Å². The van der Waals surface area contributed by atoms with E-state index in [1.165, 1.54) is 30.1 Å². The van der Waals surface area contributed by atoms with Crippen molar-refractivity contribution in [1.82, 2.24) is 0 Å². The summed E-state index contributed by atoms with van der Waals surface area (Å²) in [5, 5.41) is 0. The molecule has 5 nitrogen and oxygen atoms in total. The van der Waals surface area contributed by atoms with Crippen LogP contribution in [-0.4, -0.2) is 24.0 Å². The second-order valence-electron chi connectivity index (χ2n) is 4.75. The maximum atomic E-state index is 11.8. The molecule has 0 saturated heterocycles. The zero-order valence-electron chi connectivity index (χ0n) is 11.7. The van der Waals surface area contributed by atoms with E-state index in [1.807, 2.05) is 12.1 Å². The smallest absolute Gasteiger partial charge is 0.224 e. The van der Waals surface area contributed by atoms with Crippen LogP contribution in [0, 0.1) is 0 Å². The molecule has 0 radical (unpaired) electrons. The van der Waals surface area contributed by atoms with E-state index >= 15 is 0 Å². The van der Waals surface area contributed by atoms with E-state index in [0.717, 1.165) is 5.56 Å². The van der Waals surface area contributed by atoms with E-state index in [1.54, 1.807) is 12.1 Å². The third-order valence-electron chi connectivity index (χ3n) is 3.22. The van der Waals surface area contributed by atoms with Crippen LogP contribution in [0.25, 0.3) is 0 Å². The Balaban J connectivity index is 2.25. The van der Waals surface area contributed by atoms with Gasteiger partial charge in [-0.05, 0) is 35.9 Å². The van der Waals surface area contributed by atoms with Crippen LogP contribution in [0.2, 0.25) is 0 Å².